The van der Waals surface area contributed by atoms with Gasteiger partial charge in [0.1, 0.15) is 5.82 Å². The van der Waals surface area contributed by atoms with Crippen LogP contribution in [0.3, 0.4) is 0 Å². The summed E-state index contributed by atoms with van der Waals surface area (Å²) in [6.07, 6.45) is 3.67. The smallest absolute Gasteiger partial charge is 0.130 e. The number of nitrogens with one attached hydrogen (secondary N) is 1. The lowest BCUT2D eigenvalue weighted by atomic mass is 10.0. The van der Waals surface area contributed by atoms with Gasteiger partial charge in [0.15, 0.2) is 0 Å². The molecule has 0 amide bonds. The number of nitrogens with zero attached hydrogens (tertiary/aromatic N) is 1. The zero-order chi connectivity index (χ0) is 14.7. The van der Waals surface area contributed by atoms with Crippen molar-refractivity contribution in [2.24, 2.45) is 5.92 Å². The largest absolute Gasteiger partial charge is 0.371 e. The fourth-order valence-corrected chi connectivity index (χ4v) is 2.84. The van der Waals surface area contributed by atoms with Crippen molar-refractivity contribution in [3.05, 3.63) is 29.6 Å². The van der Waals surface area contributed by atoms with Gasteiger partial charge < -0.3 is 10.2 Å². The summed E-state index contributed by atoms with van der Waals surface area (Å²) in [7, 11) is 2.09. The first kappa shape index (κ1) is 15.3. The SMILES string of the molecule is CCCNC(C)c1c(F)cccc1N(C)C(C)C1CC1. The third kappa shape index (κ3) is 3.32. The van der Waals surface area contributed by atoms with Crippen molar-refractivity contribution in [3.63, 3.8) is 0 Å². The second-order valence-corrected chi connectivity index (χ2v) is 6.04. The highest BCUT2D eigenvalue weighted by atomic mass is 19.1. The van der Waals surface area contributed by atoms with Crippen molar-refractivity contribution in [1.29, 1.82) is 0 Å². The third-order valence-corrected chi connectivity index (χ3v) is 4.46. The average molecular weight is 278 g/mol. The van der Waals surface area contributed by atoms with Gasteiger partial charge in [-0.3, -0.25) is 0 Å². The van der Waals surface area contributed by atoms with Crippen LogP contribution in [0.2, 0.25) is 0 Å². The minimum Gasteiger partial charge on any atom is -0.371 e. The lowest BCUT2D eigenvalue weighted by molar-refractivity contribution is 0.522. The van der Waals surface area contributed by atoms with E-state index in [-0.39, 0.29) is 11.9 Å². The van der Waals surface area contributed by atoms with Gasteiger partial charge in [-0.05, 0) is 57.7 Å². The maximum absolute atomic E-state index is 14.3. The van der Waals surface area contributed by atoms with Crippen LogP contribution in [0.15, 0.2) is 18.2 Å². The predicted octanol–water partition coefficient (Wildman–Crippen LogP) is 4.12. The molecule has 0 spiro atoms. The molecule has 0 radical (unpaired) electrons. The molecule has 3 heteroatoms. The van der Waals surface area contributed by atoms with E-state index >= 15 is 0 Å². The topological polar surface area (TPSA) is 15.3 Å². The van der Waals surface area contributed by atoms with Crippen molar-refractivity contribution in [3.8, 4) is 0 Å². The second-order valence-electron chi connectivity index (χ2n) is 6.04. The number of hydrogen-bond donors (Lipinski definition) is 1. The monoisotopic (exact) mass is 278 g/mol. The molecule has 112 valence electrons. The van der Waals surface area contributed by atoms with Crippen molar-refractivity contribution in [2.45, 2.75) is 52.1 Å². The van der Waals surface area contributed by atoms with Crippen LogP contribution < -0.4 is 10.2 Å². The number of rotatable bonds is 7. The number of hydrogen-bond acceptors (Lipinski definition) is 2. The molecule has 1 aromatic carbocycles. The fourth-order valence-electron chi connectivity index (χ4n) is 2.84. The van der Waals surface area contributed by atoms with Crippen molar-refractivity contribution in [1.82, 2.24) is 5.32 Å². The summed E-state index contributed by atoms with van der Waals surface area (Å²) in [6, 6.07) is 5.95. The zero-order valence-corrected chi connectivity index (χ0v) is 13.1. The van der Waals surface area contributed by atoms with Crippen LogP contribution in [0.4, 0.5) is 10.1 Å². The van der Waals surface area contributed by atoms with Crippen LogP contribution in [0.1, 0.15) is 51.6 Å². The Bertz CT molecular complexity index is 443. The summed E-state index contributed by atoms with van der Waals surface area (Å²) < 4.78 is 14.3. The molecule has 2 nitrogen and oxygen atoms in total. The standard InChI is InChI=1S/C17H27FN2/c1-5-11-19-12(2)17-15(18)7-6-8-16(17)20(4)13(3)14-9-10-14/h6-8,12-14,19H,5,9-11H2,1-4H3. The van der Waals surface area contributed by atoms with Gasteiger partial charge in [0.2, 0.25) is 0 Å². The molecule has 1 saturated carbocycles. The van der Waals surface area contributed by atoms with Gasteiger partial charge in [0.05, 0.1) is 0 Å². The molecule has 0 aromatic heterocycles. The molecule has 0 heterocycles. The molecular weight excluding hydrogens is 251 g/mol. The first-order valence-corrected chi connectivity index (χ1v) is 7.80. The van der Waals surface area contributed by atoms with Crippen molar-refractivity contribution >= 4 is 5.69 Å². The highest BCUT2D eigenvalue weighted by Gasteiger charge is 2.32. The van der Waals surface area contributed by atoms with Gasteiger partial charge in [-0.15, -0.1) is 0 Å². The van der Waals surface area contributed by atoms with Gasteiger partial charge in [-0.1, -0.05) is 13.0 Å². The Balaban J connectivity index is 2.24. The molecule has 2 atom stereocenters. The summed E-state index contributed by atoms with van der Waals surface area (Å²) in [6.45, 7) is 7.34. The Hall–Kier alpha value is -1.09. The van der Waals surface area contributed by atoms with E-state index in [9.17, 15) is 4.39 Å². The maximum atomic E-state index is 14.3. The average Bonchev–Trinajstić information content (AvgIpc) is 3.27. The van der Waals surface area contributed by atoms with Gasteiger partial charge in [-0.25, -0.2) is 4.39 Å². The van der Waals surface area contributed by atoms with E-state index in [1.165, 1.54) is 12.8 Å². The van der Waals surface area contributed by atoms with Crippen molar-refractivity contribution < 1.29 is 4.39 Å². The Morgan fingerprint density at radius 2 is 2.05 bits per heavy atom. The zero-order valence-electron chi connectivity index (χ0n) is 13.1. The third-order valence-electron chi connectivity index (χ3n) is 4.46. The van der Waals surface area contributed by atoms with Gasteiger partial charge in [0, 0.05) is 30.4 Å². The molecule has 1 aliphatic carbocycles. The second kappa shape index (κ2) is 6.57. The molecule has 20 heavy (non-hydrogen) atoms. The number of anilines is 1. The molecule has 0 aliphatic heterocycles. The number of benzene rings is 1. The molecule has 1 aromatic rings. The molecule has 1 aliphatic rings. The van der Waals surface area contributed by atoms with E-state index in [1.54, 1.807) is 6.07 Å². The Kier molecular flexibility index (Phi) is 5.03. The van der Waals surface area contributed by atoms with E-state index in [0.717, 1.165) is 30.1 Å². The quantitative estimate of drug-likeness (QED) is 0.807. The molecule has 2 unspecified atom stereocenters. The normalized spacial score (nSPS) is 17.9. The van der Waals surface area contributed by atoms with Crippen LogP contribution in [-0.4, -0.2) is 19.6 Å². The molecule has 0 bridgehead atoms. The minimum atomic E-state index is -0.103. The fraction of sp³-hybridized carbons (Fsp3) is 0.647. The summed E-state index contributed by atoms with van der Waals surface area (Å²) in [5.41, 5.74) is 1.83. The summed E-state index contributed by atoms with van der Waals surface area (Å²) >= 11 is 0. The first-order valence-electron chi connectivity index (χ1n) is 7.80. The highest BCUT2D eigenvalue weighted by Crippen LogP contribution is 2.38. The Morgan fingerprint density at radius 1 is 1.35 bits per heavy atom. The van der Waals surface area contributed by atoms with Crippen LogP contribution >= 0.6 is 0 Å². The van der Waals surface area contributed by atoms with Crippen LogP contribution in [0.25, 0.3) is 0 Å². The van der Waals surface area contributed by atoms with Crippen molar-refractivity contribution in [2.75, 3.05) is 18.5 Å². The van der Waals surface area contributed by atoms with Crippen LogP contribution in [0.5, 0.6) is 0 Å². The Morgan fingerprint density at radius 3 is 2.65 bits per heavy atom. The molecular formula is C17H27FN2. The number of halogens is 1. The molecule has 1 fully saturated rings. The van der Waals surface area contributed by atoms with E-state index in [2.05, 4.69) is 31.1 Å². The van der Waals surface area contributed by atoms with Gasteiger partial charge in [0.25, 0.3) is 0 Å². The molecule has 2 rings (SSSR count). The van der Waals surface area contributed by atoms with Crippen LogP contribution in [0, 0.1) is 11.7 Å². The van der Waals surface area contributed by atoms with Crippen LogP contribution in [-0.2, 0) is 0 Å². The highest BCUT2D eigenvalue weighted by molar-refractivity contribution is 5.56. The summed E-state index contributed by atoms with van der Waals surface area (Å²) in [5, 5.41) is 3.40. The minimum absolute atomic E-state index is 0.0417. The lowest BCUT2D eigenvalue weighted by Gasteiger charge is -2.31. The Labute approximate surface area is 122 Å². The predicted molar refractivity (Wildman–Crippen MR) is 83.7 cm³/mol. The molecule has 1 N–H and O–H groups in total. The van der Waals surface area contributed by atoms with E-state index in [1.807, 2.05) is 19.1 Å². The lowest BCUT2D eigenvalue weighted by Crippen LogP contribution is -2.33. The van der Waals surface area contributed by atoms with Gasteiger partial charge in [-0.2, -0.15) is 0 Å². The molecule has 0 saturated heterocycles. The van der Waals surface area contributed by atoms with E-state index in [4.69, 9.17) is 0 Å². The van der Waals surface area contributed by atoms with Gasteiger partial charge >= 0.3 is 0 Å². The summed E-state index contributed by atoms with van der Waals surface area (Å²) in [4.78, 5) is 2.25. The maximum Gasteiger partial charge on any atom is 0.130 e. The van der Waals surface area contributed by atoms with E-state index in [0.29, 0.717) is 6.04 Å². The summed E-state index contributed by atoms with van der Waals surface area (Å²) in [5.74, 6) is 0.670. The first-order chi connectivity index (χ1) is 9.56. The van der Waals surface area contributed by atoms with E-state index < -0.39 is 0 Å².